The van der Waals surface area contributed by atoms with E-state index in [-0.39, 0.29) is 0 Å². The fraction of sp³-hybridized carbons (Fsp3) is 0.538. The Kier molecular flexibility index (Phi) is 3.52. The molecule has 1 aliphatic rings. The topological polar surface area (TPSA) is 67.1 Å². The predicted octanol–water partition coefficient (Wildman–Crippen LogP) is 2.60. The summed E-state index contributed by atoms with van der Waals surface area (Å²) in [6, 6.07) is 2.02. The summed E-state index contributed by atoms with van der Waals surface area (Å²) in [5.41, 5.74) is 3.54. The van der Waals surface area contributed by atoms with Crippen LogP contribution in [0.4, 0.5) is 11.8 Å². The van der Waals surface area contributed by atoms with Gasteiger partial charge < -0.3 is 4.90 Å². The lowest BCUT2D eigenvalue weighted by atomic mass is 9.94. The second-order valence-electron chi connectivity index (χ2n) is 4.99. The number of hydrogen-bond donors (Lipinski definition) is 2. The molecule has 0 aliphatic carbocycles. The van der Waals surface area contributed by atoms with Crippen LogP contribution in [0.3, 0.4) is 0 Å². The molecular formula is C13H19N5S. The van der Waals surface area contributed by atoms with E-state index < -0.39 is 0 Å². The predicted molar refractivity (Wildman–Crippen MR) is 80.5 cm³/mol. The number of hydrazine groups is 1. The molecule has 0 atom stereocenters. The monoisotopic (exact) mass is 277 g/mol. The van der Waals surface area contributed by atoms with Gasteiger partial charge in [0.05, 0.1) is 10.2 Å². The highest BCUT2D eigenvalue weighted by atomic mass is 32.1. The minimum absolute atomic E-state index is 0.499. The molecule has 1 saturated heterocycles. The van der Waals surface area contributed by atoms with Gasteiger partial charge in [-0.1, -0.05) is 13.3 Å². The maximum atomic E-state index is 5.46. The lowest BCUT2D eigenvalue weighted by molar-refractivity contribution is 0.394. The molecule has 6 heteroatoms. The largest absolute Gasteiger partial charge is 0.355 e. The highest BCUT2D eigenvalue weighted by molar-refractivity contribution is 7.17. The number of nitrogen functional groups attached to an aromatic ring is 1. The summed E-state index contributed by atoms with van der Waals surface area (Å²) in [5.74, 6) is 7.86. The Bertz CT molecular complexity index is 559. The van der Waals surface area contributed by atoms with Crippen LogP contribution < -0.4 is 16.2 Å². The van der Waals surface area contributed by atoms with E-state index >= 15 is 0 Å². The van der Waals surface area contributed by atoms with Gasteiger partial charge in [0.1, 0.15) is 0 Å². The third-order valence-corrected chi connectivity index (χ3v) is 4.81. The average Bonchev–Trinajstić information content (AvgIpc) is 2.94. The SMILES string of the molecule is CCC1CCN(c2nc(NN)nc3ccsc23)CC1. The molecule has 0 spiro atoms. The van der Waals surface area contributed by atoms with Gasteiger partial charge in [0, 0.05) is 13.1 Å². The number of hydrogen-bond acceptors (Lipinski definition) is 6. The molecule has 0 aromatic carbocycles. The van der Waals surface area contributed by atoms with Gasteiger partial charge in [0.2, 0.25) is 5.95 Å². The van der Waals surface area contributed by atoms with E-state index in [0.29, 0.717) is 5.95 Å². The Morgan fingerprint density at radius 3 is 2.89 bits per heavy atom. The van der Waals surface area contributed by atoms with E-state index in [1.54, 1.807) is 11.3 Å². The van der Waals surface area contributed by atoms with Crippen LogP contribution in [-0.2, 0) is 0 Å². The van der Waals surface area contributed by atoms with E-state index in [1.165, 1.54) is 19.3 Å². The Balaban J connectivity index is 1.93. The van der Waals surface area contributed by atoms with Crippen molar-refractivity contribution in [1.29, 1.82) is 0 Å². The van der Waals surface area contributed by atoms with Gasteiger partial charge in [-0.15, -0.1) is 11.3 Å². The van der Waals surface area contributed by atoms with Crippen LogP contribution >= 0.6 is 11.3 Å². The molecule has 19 heavy (non-hydrogen) atoms. The Morgan fingerprint density at radius 1 is 1.42 bits per heavy atom. The number of nitrogens with zero attached hydrogens (tertiary/aromatic N) is 3. The zero-order valence-corrected chi connectivity index (χ0v) is 11.9. The number of nitrogens with two attached hydrogens (primary N) is 1. The first kappa shape index (κ1) is 12.6. The smallest absolute Gasteiger partial charge is 0.239 e. The van der Waals surface area contributed by atoms with Gasteiger partial charge in [-0.05, 0) is 30.2 Å². The second-order valence-corrected chi connectivity index (χ2v) is 5.90. The number of thiophene rings is 1. The molecule has 0 radical (unpaired) electrons. The molecule has 0 bridgehead atoms. The summed E-state index contributed by atoms with van der Waals surface area (Å²) in [5, 5.41) is 2.06. The standard InChI is InChI=1S/C13H19N5S/c1-2-9-3-6-18(7-4-9)12-11-10(5-8-19-11)15-13(16-12)17-14/h5,8-9H,2-4,6-7,14H2,1H3,(H,15,16,17). The van der Waals surface area contributed by atoms with Crippen molar-refractivity contribution in [1.82, 2.24) is 9.97 Å². The van der Waals surface area contributed by atoms with Gasteiger partial charge in [-0.3, -0.25) is 5.43 Å². The molecule has 1 aliphatic heterocycles. The van der Waals surface area contributed by atoms with E-state index in [4.69, 9.17) is 5.84 Å². The fourth-order valence-corrected chi connectivity index (χ4v) is 3.53. The van der Waals surface area contributed by atoms with Crippen molar-refractivity contribution in [2.75, 3.05) is 23.4 Å². The number of piperidine rings is 1. The van der Waals surface area contributed by atoms with Crippen LogP contribution in [0.5, 0.6) is 0 Å². The molecule has 3 heterocycles. The van der Waals surface area contributed by atoms with Crippen molar-refractivity contribution >= 4 is 33.3 Å². The number of rotatable bonds is 3. The van der Waals surface area contributed by atoms with Crippen LogP contribution in [-0.4, -0.2) is 23.1 Å². The van der Waals surface area contributed by atoms with Gasteiger partial charge in [-0.2, -0.15) is 4.98 Å². The first-order valence-corrected chi connectivity index (χ1v) is 7.66. The van der Waals surface area contributed by atoms with Crippen LogP contribution in [0.2, 0.25) is 0 Å². The molecule has 2 aromatic heterocycles. The lowest BCUT2D eigenvalue weighted by Gasteiger charge is -2.32. The molecule has 1 fully saturated rings. The van der Waals surface area contributed by atoms with E-state index in [9.17, 15) is 0 Å². The third-order valence-electron chi connectivity index (χ3n) is 3.91. The zero-order valence-electron chi connectivity index (χ0n) is 11.1. The van der Waals surface area contributed by atoms with E-state index in [0.717, 1.165) is 35.0 Å². The summed E-state index contributed by atoms with van der Waals surface area (Å²) in [6.45, 7) is 4.43. The summed E-state index contributed by atoms with van der Waals surface area (Å²) in [4.78, 5) is 11.3. The first-order chi connectivity index (χ1) is 9.31. The zero-order chi connectivity index (χ0) is 13.2. The Labute approximate surface area is 116 Å². The molecule has 5 nitrogen and oxygen atoms in total. The van der Waals surface area contributed by atoms with Crippen molar-refractivity contribution < 1.29 is 0 Å². The normalized spacial score (nSPS) is 17.1. The maximum absolute atomic E-state index is 5.46. The maximum Gasteiger partial charge on any atom is 0.239 e. The molecule has 0 amide bonds. The van der Waals surface area contributed by atoms with Crippen molar-refractivity contribution in [2.45, 2.75) is 26.2 Å². The molecule has 2 aromatic rings. The van der Waals surface area contributed by atoms with Crippen molar-refractivity contribution in [3.63, 3.8) is 0 Å². The first-order valence-electron chi connectivity index (χ1n) is 6.78. The van der Waals surface area contributed by atoms with Crippen LogP contribution in [0.25, 0.3) is 10.2 Å². The quantitative estimate of drug-likeness (QED) is 0.667. The number of anilines is 2. The van der Waals surface area contributed by atoms with Crippen molar-refractivity contribution in [2.24, 2.45) is 11.8 Å². The second kappa shape index (κ2) is 5.30. The number of aromatic nitrogens is 2. The molecule has 3 N–H and O–H groups in total. The summed E-state index contributed by atoms with van der Waals surface area (Å²) >= 11 is 1.70. The number of fused-ring (bicyclic) bond motifs is 1. The van der Waals surface area contributed by atoms with Gasteiger partial charge >= 0.3 is 0 Å². The Hall–Kier alpha value is -1.40. The van der Waals surface area contributed by atoms with Crippen LogP contribution in [0.1, 0.15) is 26.2 Å². The molecule has 0 unspecified atom stereocenters. The molecule has 102 valence electrons. The van der Waals surface area contributed by atoms with E-state index in [1.807, 2.05) is 6.07 Å². The minimum atomic E-state index is 0.499. The van der Waals surface area contributed by atoms with Gasteiger partial charge in [0.15, 0.2) is 5.82 Å². The third kappa shape index (κ3) is 2.37. The fourth-order valence-electron chi connectivity index (χ4n) is 2.68. The summed E-state index contributed by atoms with van der Waals surface area (Å²) < 4.78 is 1.16. The van der Waals surface area contributed by atoms with Crippen LogP contribution in [0, 0.1) is 5.92 Å². The van der Waals surface area contributed by atoms with Crippen molar-refractivity contribution in [3.05, 3.63) is 11.4 Å². The summed E-state index contributed by atoms with van der Waals surface area (Å²) in [7, 11) is 0. The highest BCUT2D eigenvalue weighted by Crippen LogP contribution is 2.32. The van der Waals surface area contributed by atoms with Gasteiger partial charge in [0.25, 0.3) is 0 Å². The van der Waals surface area contributed by atoms with Crippen molar-refractivity contribution in [3.8, 4) is 0 Å². The minimum Gasteiger partial charge on any atom is -0.355 e. The average molecular weight is 277 g/mol. The summed E-state index contributed by atoms with van der Waals surface area (Å²) in [6.07, 6.45) is 3.78. The lowest BCUT2D eigenvalue weighted by Crippen LogP contribution is -2.34. The highest BCUT2D eigenvalue weighted by Gasteiger charge is 2.21. The molecule has 3 rings (SSSR count). The molecular weight excluding hydrogens is 258 g/mol. The number of nitrogens with one attached hydrogen (secondary N) is 1. The van der Waals surface area contributed by atoms with Crippen LogP contribution in [0.15, 0.2) is 11.4 Å². The Morgan fingerprint density at radius 2 is 2.21 bits per heavy atom. The molecule has 0 saturated carbocycles. The van der Waals surface area contributed by atoms with Gasteiger partial charge in [-0.25, -0.2) is 10.8 Å². The van der Waals surface area contributed by atoms with E-state index in [2.05, 4.69) is 32.6 Å².